The molecule has 0 saturated carbocycles. The molecule has 0 saturated heterocycles. The van der Waals surface area contributed by atoms with Crippen molar-refractivity contribution in [3.05, 3.63) is 140 Å². The van der Waals surface area contributed by atoms with E-state index in [2.05, 4.69) is 135 Å². The molecule has 0 spiro atoms. The molecule has 3 nitrogen and oxygen atoms in total. The van der Waals surface area contributed by atoms with Gasteiger partial charge in [0, 0.05) is 44.4 Å². The second-order valence-corrected chi connectivity index (χ2v) is 10.4. The standard InChI is InChI=1S/C37H23N3/c1-2-14-28-26(12-1)27-13-3-5-17-32(27)40-34-19-20-35-37(30(34)23-36(28)40)29-15-4-6-18-33(29)39(35)25-11-9-10-24(22-25)31-16-7-8-21-38-31/h1-23H. The predicted octanol–water partition coefficient (Wildman–Crippen LogP) is 9.56. The summed E-state index contributed by atoms with van der Waals surface area (Å²) in [6, 6.07) is 48.0. The van der Waals surface area contributed by atoms with E-state index in [1.807, 2.05) is 18.3 Å². The second-order valence-electron chi connectivity index (χ2n) is 10.4. The molecule has 0 radical (unpaired) electrons. The number of rotatable bonds is 2. The van der Waals surface area contributed by atoms with Gasteiger partial charge in [-0.1, -0.05) is 78.9 Å². The van der Waals surface area contributed by atoms with Crippen molar-refractivity contribution < 1.29 is 0 Å². The van der Waals surface area contributed by atoms with Crippen LogP contribution in [0.5, 0.6) is 0 Å². The van der Waals surface area contributed by atoms with Crippen LogP contribution in [0.15, 0.2) is 140 Å². The minimum atomic E-state index is 0.977. The van der Waals surface area contributed by atoms with E-state index < -0.39 is 0 Å². The molecule has 9 aromatic rings. The van der Waals surface area contributed by atoms with Crippen molar-refractivity contribution in [1.29, 1.82) is 0 Å². The van der Waals surface area contributed by atoms with Crippen LogP contribution in [-0.4, -0.2) is 14.0 Å². The van der Waals surface area contributed by atoms with E-state index >= 15 is 0 Å². The maximum atomic E-state index is 4.60. The number of hydrogen-bond donors (Lipinski definition) is 0. The highest BCUT2D eigenvalue weighted by Crippen LogP contribution is 2.41. The first-order valence-electron chi connectivity index (χ1n) is 13.7. The lowest BCUT2D eigenvalue weighted by Crippen LogP contribution is -1.95. The smallest absolute Gasteiger partial charge is 0.0702 e. The lowest BCUT2D eigenvalue weighted by molar-refractivity contribution is 1.18. The Bertz CT molecular complexity index is 2430. The molecule has 0 amide bonds. The van der Waals surface area contributed by atoms with E-state index in [1.54, 1.807) is 0 Å². The number of nitrogens with zero attached hydrogens (tertiary/aromatic N) is 3. The van der Waals surface area contributed by atoms with Gasteiger partial charge in [-0.2, -0.15) is 0 Å². The van der Waals surface area contributed by atoms with E-state index in [-0.39, 0.29) is 0 Å². The van der Waals surface area contributed by atoms with Crippen LogP contribution in [0.1, 0.15) is 0 Å². The molecule has 4 aromatic heterocycles. The monoisotopic (exact) mass is 509 g/mol. The van der Waals surface area contributed by atoms with Gasteiger partial charge in [0.1, 0.15) is 0 Å². The molecule has 0 aliphatic rings. The molecule has 4 heterocycles. The highest BCUT2D eigenvalue weighted by Gasteiger charge is 2.19. The summed E-state index contributed by atoms with van der Waals surface area (Å²) in [5, 5.41) is 7.66. The number of fused-ring (bicyclic) bond motifs is 12. The van der Waals surface area contributed by atoms with E-state index in [9.17, 15) is 0 Å². The van der Waals surface area contributed by atoms with Gasteiger partial charge in [-0.05, 0) is 60.0 Å². The minimum Gasteiger partial charge on any atom is -0.309 e. The second kappa shape index (κ2) is 8.05. The Morgan fingerprint density at radius 1 is 0.425 bits per heavy atom. The molecule has 0 atom stereocenters. The zero-order valence-corrected chi connectivity index (χ0v) is 21.6. The molecule has 186 valence electrons. The number of pyridine rings is 2. The molecule has 0 bridgehead atoms. The number of hydrogen-bond acceptors (Lipinski definition) is 1. The van der Waals surface area contributed by atoms with Crippen molar-refractivity contribution in [3.63, 3.8) is 0 Å². The van der Waals surface area contributed by atoms with Crippen molar-refractivity contribution in [2.45, 2.75) is 0 Å². The summed E-state index contributed by atoms with van der Waals surface area (Å²) < 4.78 is 4.84. The highest BCUT2D eigenvalue weighted by atomic mass is 15.0. The fraction of sp³-hybridized carbons (Fsp3) is 0. The average molecular weight is 510 g/mol. The van der Waals surface area contributed by atoms with Gasteiger partial charge >= 0.3 is 0 Å². The van der Waals surface area contributed by atoms with Gasteiger partial charge in [0.15, 0.2) is 0 Å². The van der Waals surface area contributed by atoms with E-state index in [0.29, 0.717) is 0 Å². The van der Waals surface area contributed by atoms with Crippen molar-refractivity contribution >= 4 is 59.9 Å². The van der Waals surface area contributed by atoms with Gasteiger partial charge < -0.3 is 8.97 Å². The zero-order valence-electron chi connectivity index (χ0n) is 21.6. The highest BCUT2D eigenvalue weighted by molar-refractivity contribution is 6.24. The third kappa shape index (κ3) is 2.86. The molecule has 3 heteroatoms. The number of para-hydroxylation sites is 2. The van der Waals surface area contributed by atoms with Crippen LogP contribution in [0.3, 0.4) is 0 Å². The Labute approximate surface area is 230 Å². The Hall–Kier alpha value is -5.41. The first kappa shape index (κ1) is 21.5. The van der Waals surface area contributed by atoms with Gasteiger partial charge in [-0.15, -0.1) is 0 Å². The molecule has 5 aromatic carbocycles. The molecule has 0 N–H and O–H groups in total. The first-order valence-corrected chi connectivity index (χ1v) is 13.7. The molecule has 0 aliphatic heterocycles. The summed E-state index contributed by atoms with van der Waals surface area (Å²) in [4.78, 5) is 4.60. The fourth-order valence-corrected chi connectivity index (χ4v) is 6.66. The maximum absolute atomic E-state index is 4.60. The summed E-state index contributed by atoms with van der Waals surface area (Å²) in [5.41, 5.74) is 9.33. The summed E-state index contributed by atoms with van der Waals surface area (Å²) in [6.07, 6.45) is 1.85. The summed E-state index contributed by atoms with van der Waals surface area (Å²) in [5.74, 6) is 0. The van der Waals surface area contributed by atoms with Crippen molar-refractivity contribution in [2.75, 3.05) is 0 Å². The quantitative estimate of drug-likeness (QED) is 0.213. The van der Waals surface area contributed by atoms with Crippen LogP contribution < -0.4 is 0 Å². The van der Waals surface area contributed by atoms with Crippen molar-refractivity contribution in [3.8, 4) is 16.9 Å². The third-order valence-electron chi connectivity index (χ3n) is 8.32. The third-order valence-corrected chi connectivity index (χ3v) is 8.32. The Balaban J connectivity index is 1.43. The molecular weight excluding hydrogens is 486 g/mol. The van der Waals surface area contributed by atoms with E-state index in [0.717, 1.165) is 16.9 Å². The molecule has 9 rings (SSSR count). The fourth-order valence-electron chi connectivity index (χ4n) is 6.66. The van der Waals surface area contributed by atoms with E-state index in [4.69, 9.17) is 0 Å². The molecule has 0 unspecified atom stereocenters. The van der Waals surface area contributed by atoms with Gasteiger partial charge in [0.05, 0.1) is 33.3 Å². The maximum Gasteiger partial charge on any atom is 0.0702 e. The normalized spacial score (nSPS) is 12.0. The molecule has 40 heavy (non-hydrogen) atoms. The topological polar surface area (TPSA) is 22.2 Å². The van der Waals surface area contributed by atoms with Crippen LogP contribution in [0.4, 0.5) is 0 Å². The Morgan fingerprint density at radius 2 is 1.10 bits per heavy atom. The van der Waals surface area contributed by atoms with Crippen molar-refractivity contribution in [1.82, 2.24) is 14.0 Å². The summed E-state index contributed by atoms with van der Waals surface area (Å²) in [7, 11) is 0. The molecular formula is C37H23N3. The Kier molecular flexibility index (Phi) is 4.33. The van der Waals surface area contributed by atoms with Gasteiger partial charge in [-0.25, -0.2) is 0 Å². The largest absolute Gasteiger partial charge is 0.309 e. The van der Waals surface area contributed by atoms with Crippen LogP contribution >= 0.6 is 0 Å². The lowest BCUT2D eigenvalue weighted by Gasteiger charge is -2.11. The summed E-state index contributed by atoms with van der Waals surface area (Å²) in [6.45, 7) is 0. The van der Waals surface area contributed by atoms with Crippen LogP contribution in [0.2, 0.25) is 0 Å². The Morgan fingerprint density at radius 3 is 1.93 bits per heavy atom. The predicted molar refractivity (Wildman–Crippen MR) is 167 cm³/mol. The minimum absolute atomic E-state index is 0.977. The van der Waals surface area contributed by atoms with Crippen LogP contribution in [0.25, 0.3) is 76.8 Å². The molecule has 0 aliphatic carbocycles. The lowest BCUT2D eigenvalue weighted by atomic mass is 10.0. The average Bonchev–Trinajstić information content (AvgIpc) is 3.58. The van der Waals surface area contributed by atoms with Gasteiger partial charge in [-0.3, -0.25) is 4.98 Å². The van der Waals surface area contributed by atoms with Gasteiger partial charge in [0.25, 0.3) is 0 Å². The zero-order chi connectivity index (χ0) is 26.2. The first-order chi connectivity index (χ1) is 19.9. The van der Waals surface area contributed by atoms with Crippen LogP contribution in [-0.2, 0) is 0 Å². The van der Waals surface area contributed by atoms with E-state index in [1.165, 1.54) is 59.9 Å². The summed E-state index contributed by atoms with van der Waals surface area (Å²) >= 11 is 0. The van der Waals surface area contributed by atoms with Gasteiger partial charge in [0.2, 0.25) is 0 Å². The number of aromatic nitrogens is 3. The SMILES string of the molecule is c1ccc(-c2cccc(-n3c4ccccc4c4c5cc6c7ccccc7c7ccccc7n6c5ccc43)c2)nc1. The van der Waals surface area contributed by atoms with Crippen molar-refractivity contribution in [2.24, 2.45) is 0 Å². The number of benzene rings is 5. The molecule has 0 fully saturated rings. The van der Waals surface area contributed by atoms with Crippen LogP contribution in [0, 0.1) is 0 Å².